The lowest BCUT2D eigenvalue weighted by molar-refractivity contribution is 0.192. The summed E-state index contributed by atoms with van der Waals surface area (Å²) < 4.78 is 18.7. The van der Waals surface area contributed by atoms with Gasteiger partial charge in [0, 0.05) is 16.0 Å². The lowest BCUT2D eigenvalue weighted by Crippen LogP contribution is -1.99. The third kappa shape index (κ3) is 2.19. The van der Waals surface area contributed by atoms with Crippen LogP contribution in [-0.2, 0) is 0 Å². The first-order chi connectivity index (χ1) is 9.56. The number of aliphatic hydroxyl groups excluding tert-OH is 1. The van der Waals surface area contributed by atoms with Crippen LogP contribution in [0.5, 0.6) is 0 Å². The molecule has 102 valence electrons. The van der Waals surface area contributed by atoms with E-state index in [9.17, 15) is 9.50 Å². The van der Waals surface area contributed by atoms with Crippen molar-refractivity contribution in [3.8, 4) is 0 Å². The third-order valence-electron chi connectivity index (χ3n) is 3.29. The molecule has 3 aromatic rings. The van der Waals surface area contributed by atoms with Crippen molar-refractivity contribution >= 4 is 22.6 Å². The smallest absolute Gasteiger partial charge is 0.138 e. The predicted molar refractivity (Wildman–Crippen MR) is 76.4 cm³/mol. The average molecular weight is 291 g/mol. The van der Waals surface area contributed by atoms with Crippen molar-refractivity contribution in [2.24, 2.45) is 0 Å². The van der Waals surface area contributed by atoms with Gasteiger partial charge in [0.05, 0.1) is 0 Å². The van der Waals surface area contributed by atoms with E-state index >= 15 is 0 Å². The number of furan rings is 1. The molecule has 2 aromatic carbocycles. The standard InChI is InChI=1S/C16H12ClFO2/c1-9-3-2-4-10-7-14(20-16(9)10)15(19)12-6-5-11(18)8-13(12)17/h2-8,15,19H,1H3. The summed E-state index contributed by atoms with van der Waals surface area (Å²) >= 11 is 5.96. The Morgan fingerprint density at radius 2 is 2.00 bits per heavy atom. The molecule has 0 fully saturated rings. The summed E-state index contributed by atoms with van der Waals surface area (Å²) in [5.41, 5.74) is 2.15. The highest BCUT2D eigenvalue weighted by Crippen LogP contribution is 2.33. The van der Waals surface area contributed by atoms with E-state index in [2.05, 4.69) is 0 Å². The van der Waals surface area contributed by atoms with E-state index in [1.807, 2.05) is 25.1 Å². The summed E-state index contributed by atoms with van der Waals surface area (Å²) in [6.45, 7) is 1.94. The van der Waals surface area contributed by atoms with Crippen LogP contribution in [0, 0.1) is 12.7 Å². The summed E-state index contributed by atoms with van der Waals surface area (Å²) in [6.07, 6.45) is -1.02. The van der Waals surface area contributed by atoms with Crippen molar-refractivity contribution in [2.45, 2.75) is 13.0 Å². The SMILES string of the molecule is Cc1cccc2cc(C(O)c3ccc(F)cc3Cl)oc12. The topological polar surface area (TPSA) is 33.4 Å². The Kier molecular flexibility index (Phi) is 3.24. The number of halogens is 2. The maximum absolute atomic E-state index is 13.0. The molecule has 20 heavy (non-hydrogen) atoms. The van der Waals surface area contributed by atoms with Gasteiger partial charge in [0.1, 0.15) is 23.3 Å². The van der Waals surface area contributed by atoms with Gasteiger partial charge < -0.3 is 9.52 Å². The quantitative estimate of drug-likeness (QED) is 0.747. The molecular formula is C16H12ClFO2. The van der Waals surface area contributed by atoms with Crippen LogP contribution in [0.25, 0.3) is 11.0 Å². The van der Waals surface area contributed by atoms with Gasteiger partial charge in [-0.25, -0.2) is 4.39 Å². The van der Waals surface area contributed by atoms with Crippen molar-refractivity contribution in [3.05, 3.63) is 70.2 Å². The fraction of sp³-hybridized carbons (Fsp3) is 0.125. The van der Waals surface area contributed by atoms with Crippen molar-refractivity contribution in [2.75, 3.05) is 0 Å². The van der Waals surface area contributed by atoms with Gasteiger partial charge in [0.2, 0.25) is 0 Å². The van der Waals surface area contributed by atoms with Crippen LogP contribution < -0.4 is 0 Å². The number of aliphatic hydroxyl groups is 1. The van der Waals surface area contributed by atoms with Crippen LogP contribution in [0.3, 0.4) is 0 Å². The number of rotatable bonds is 2. The van der Waals surface area contributed by atoms with E-state index in [0.29, 0.717) is 11.3 Å². The number of hydrogen-bond acceptors (Lipinski definition) is 2. The minimum absolute atomic E-state index is 0.176. The number of hydrogen-bond donors (Lipinski definition) is 1. The normalized spacial score (nSPS) is 12.8. The Balaban J connectivity index is 2.08. The molecule has 4 heteroatoms. The van der Waals surface area contributed by atoms with Crippen molar-refractivity contribution in [1.82, 2.24) is 0 Å². The molecule has 1 N–H and O–H groups in total. The highest BCUT2D eigenvalue weighted by molar-refractivity contribution is 6.31. The molecule has 0 aliphatic heterocycles. The molecule has 0 amide bonds. The van der Waals surface area contributed by atoms with Crippen molar-refractivity contribution < 1.29 is 13.9 Å². The van der Waals surface area contributed by atoms with E-state index in [1.54, 1.807) is 6.07 Å². The van der Waals surface area contributed by atoms with Gasteiger partial charge in [0.15, 0.2) is 0 Å². The maximum Gasteiger partial charge on any atom is 0.138 e. The Labute approximate surface area is 120 Å². The number of fused-ring (bicyclic) bond motifs is 1. The summed E-state index contributed by atoms with van der Waals surface area (Å²) in [4.78, 5) is 0. The van der Waals surface area contributed by atoms with Gasteiger partial charge in [-0.2, -0.15) is 0 Å². The van der Waals surface area contributed by atoms with E-state index in [1.165, 1.54) is 18.2 Å². The van der Waals surface area contributed by atoms with Gasteiger partial charge in [-0.3, -0.25) is 0 Å². The van der Waals surface area contributed by atoms with Crippen LogP contribution >= 0.6 is 11.6 Å². The Morgan fingerprint density at radius 3 is 2.70 bits per heavy atom. The zero-order valence-corrected chi connectivity index (χ0v) is 11.5. The molecule has 0 aliphatic rings. The molecule has 1 unspecified atom stereocenters. The van der Waals surface area contributed by atoms with Gasteiger partial charge in [-0.15, -0.1) is 0 Å². The summed E-state index contributed by atoms with van der Waals surface area (Å²) in [5.74, 6) is -0.0470. The monoisotopic (exact) mass is 290 g/mol. The predicted octanol–water partition coefficient (Wildman–Crippen LogP) is 4.62. The van der Waals surface area contributed by atoms with Crippen LogP contribution in [0.2, 0.25) is 5.02 Å². The summed E-state index contributed by atoms with van der Waals surface area (Å²) in [7, 11) is 0. The Morgan fingerprint density at radius 1 is 1.20 bits per heavy atom. The van der Waals surface area contributed by atoms with E-state index in [-0.39, 0.29) is 5.02 Å². The Hall–Kier alpha value is -1.84. The molecule has 1 heterocycles. The molecule has 0 bridgehead atoms. The highest BCUT2D eigenvalue weighted by atomic mass is 35.5. The van der Waals surface area contributed by atoms with E-state index in [0.717, 1.165) is 16.5 Å². The first-order valence-corrected chi connectivity index (χ1v) is 6.56. The fourth-order valence-electron chi connectivity index (χ4n) is 2.24. The molecule has 0 saturated heterocycles. The zero-order chi connectivity index (χ0) is 14.3. The molecule has 0 aliphatic carbocycles. The molecule has 0 spiro atoms. The fourth-order valence-corrected chi connectivity index (χ4v) is 2.51. The number of para-hydroxylation sites is 1. The Bertz CT molecular complexity index is 779. The van der Waals surface area contributed by atoms with E-state index in [4.69, 9.17) is 16.0 Å². The third-order valence-corrected chi connectivity index (χ3v) is 3.61. The minimum atomic E-state index is -1.02. The largest absolute Gasteiger partial charge is 0.458 e. The van der Waals surface area contributed by atoms with E-state index < -0.39 is 11.9 Å². The number of aryl methyl sites for hydroxylation is 1. The van der Waals surface area contributed by atoms with Crippen LogP contribution in [-0.4, -0.2) is 5.11 Å². The summed E-state index contributed by atoms with van der Waals surface area (Å²) in [5, 5.41) is 11.4. The van der Waals surface area contributed by atoms with Crippen molar-refractivity contribution in [3.63, 3.8) is 0 Å². The zero-order valence-electron chi connectivity index (χ0n) is 10.7. The second-order valence-electron chi connectivity index (χ2n) is 4.71. The molecule has 1 aromatic heterocycles. The van der Waals surface area contributed by atoms with Crippen LogP contribution in [0.1, 0.15) is 23.0 Å². The maximum atomic E-state index is 13.0. The lowest BCUT2D eigenvalue weighted by Gasteiger charge is -2.09. The van der Waals surface area contributed by atoms with Crippen molar-refractivity contribution in [1.29, 1.82) is 0 Å². The van der Waals surface area contributed by atoms with Gasteiger partial charge >= 0.3 is 0 Å². The second kappa shape index (κ2) is 4.93. The minimum Gasteiger partial charge on any atom is -0.458 e. The summed E-state index contributed by atoms with van der Waals surface area (Å²) in [6, 6.07) is 11.4. The first kappa shape index (κ1) is 13.2. The highest BCUT2D eigenvalue weighted by Gasteiger charge is 2.19. The average Bonchev–Trinajstić information content (AvgIpc) is 2.83. The molecule has 1 atom stereocenters. The van der Waals surface area contributed by atoms with Gasteiger partial charge in [-0.05, 0) is 30.7 Å². The second-order valence-corrected chi connectivity index (χ2v) is 5.12. The molecule has 2 nitrogen and oxygen atoms in total. The molecule has 0 radical (unpaired) electrons. The number of benzene rings is 2. The molecular weight excluding hydrogens is 279 g/mol. The van der Waals surface area contributed by atoms with Gasteiger partial charge in [-0.1, -0.05) is 35.9 Å². The van der Waals surface area contributed by atoms with Crippen LogP contribution in [0.4, 0.5) is 4.39 Å². The lowest BCUT2D eigenvalue weighted by atomic mass is 10.1. The van der Waals surface area contributed by atoms with Crippen LogP contribution in [0.15, 0.2) is 46.9 Å². The van der Waals surface area contributed by atoms with Gasteiger partial charge in [0.25, 0.3) is 0 Å². The molecule has 3 rings (SSSR count). The first-order valence-electron chi connectivity index (χ1n) is 6.18. The molecule has 0 saturated carbocycles.